The molecule has 4 rings (SSSR count). The van der Waals surface area contributed by atoms with Crippen LogP contribution < -0.4 is 10.6 Å². The predicted molar refractivity (Wildman–Crippen MR) is 152 cm³/mol. The van der Waals surface area contributed by atoms with Gasteiger partial charge in [0.2, 0.25) is 0 Å². The van der Waals surface area contributed by atoms with Gasteiger partial charge in [0.05, 0.1) is 11.4 Å². The Bertz CT molecular complexity index is 1290. The van der Waals surface area contributed by atoms with Gasteiger partial charge in [0.25, 0.3) is 11.8 Å². The molecule has 0 aliphatic carbocycles. The molecule has 2 N–H and O–H groups in total. The van der Waals surface area contributed by atoms with Crippen LogP contribution in [0.1, 0.15) is 43.0 Å². The summed E-state index contributed by atoms with van der Waals surface area (Å²) in [6.07, 6.45) is 0. The molecule has 0 aromatic heterocycles. The number of aryl methyl sites for hydroxylation is 4. The minimum atomic E-state index is -0.141. The number of benzene rings is 4. The van der Waals surface area contributed by atoms with Gasteiger partial charge < -0.3 is 10.6 Å². The normalized spacial score (nSPS) is 10.7. The molecule has 4 nitrogen and oxygen atoms in total. The maximum atomic E-state index is 12.9. The van der Waals surface area contributed by atoms with Crippen LogP contribution in [0.15, 0.2) is 94.7 Å². The summed E-state index contributed by atoms with van der Waals surface area (Å²) in [7, 11) is 3.10. The highest BCUT2D eigenvalue weighted by atomic mass is 33.1. The number of hydrogen-bond donors (Lipinski definition) is 2. The van der Waals surface area contributed by atoms with Crippen molar-refractivity contribution in [3.63, 3.8) is 0 Å². The summed E-state index contributed by atoms with van der Waals surface area (Å²) in [5, 5.41) is 6.18. The van der Waals surface area contributed by atoms with Gasteiger partial charge in [0, 0.05) is 20.9 Å². The van der Waals surface area contributed by atoms with Crippen LogP contribution in [0.3, 0.4) is 0 Å². The third-order valence-corrected chi connectivity index (χ3v) is 8.25. The Hall–Kier alpha value is -3.48. The number of nitrogens with one attached hydrogen (secondary N) is 2. The quantitative estimate of drug-likeness (QED) is 0.245. The van der Waals surface area contributed by atoms with Gasteiger partial charge in [-0.1, -0.05) is 81.2 Å². The molecule has 4 aromatic carbocycles. The lowest BCUT2D eigenvalue weighted by molar-refractivity contribution is 0.101. The lowest BCUT2D eigenvalue weighted by atomic mass is 10.1. The highest BCUT2D eigenvalue weighted by Crippen LogP contribution is 2.45. The zero-order valence-electron chi connectivity index (χ0n) is 20.7. The van der Waals surface area contributed by atoms with Gasteiger partial charge in [-0.15, -0.1) is 0 Å². The summed E-state index contributed by atoms with van der Waals surface area (Å²) in [6, 6.07) is 27.0. The minimum Gasteiger partial charge on any atom is -0.321 e. The fourth-order valence-electron chi connectivity index (χ4n) is 3.61. The number of amides is 2. The van der Waals surface area contributed by atoms with Crippen LogP contribution in [0.5, 0.6) is 0 Å². The van der Waals surface area contributed by atoms with E-state index in [0.29, 0.717) is 11.1 Å². The number of carbonyl (C=O) groups is 2. The predicted octanol–water partition coefficient (Wildman–Crippen LogP) is 8.22. The van der Waals surface area contributed by atoms with E-state index in [4.69, 9.17) is 0 Å². The maximum absolute atomic E-state index is 12.9. The lowest BCUT2D eigenvalue weighted by Gasteiger charge is -2.16. The van der Waals surface area contributed by atoms with Gasteiger partial charge in [0.15, 0.2) is 0 Å². The van der Waals surface area contributed by atoms with E-state index in [0.717, 1.165) is 43.4 Å². The van der Waals surface area contributed by atoms with Crippen LogP contribution in [0.4, 0.5) is 11.4 Å². The zero-order valence-corrected chi connectivity index (χ0v) is 22.3. The molecule has 0 atom stereocenters. The zero-order chi connectivity index (χ0) is 25.7. The second-order valence-electron chi connectivity index (χ2n) is 8.70. The average molecular weight is 513 g/mol. The number of carbonyl (C=O) groups excluding carboxylic acids is 2. The van der Waals surface area contributed by atoms with Crippen molar-refractivity contribution in [2.75, 3.05) is 10.6 Å². The molecule has 0 bridgehead atoms. The Morgan fingerprint density at radius 3 is 1.25 bits per heavy atom. The van der Waals surface area contributed by atoms with Crippen molar-refractivity contribution < 1.29 is 9.59 Å². The first kappa shape index (κ1) is 25.6. The van der Waals surface area contributed by atoms with E-state index >= 15 is 0 Å². The molecular weight excluding hydrogens is 484 g/mol. The Morgan fingerprint density at radius 2 is 0.889 bits per heavy atom. The Morgan fingerprint density at radius 1 is 0.528 bits per heavy atom. The van der Waals surface area contributed by atoms with Gasteiger partial charge in [-0.05, 0) is 75.2 Å². The second kappa shape index (κ2) is 11.5. The standard InChI is InChI=1S/C30H28N2O2S2/c1-19-11-15-23(16-12-19)29(33)31-27-21(3)7-5-9-25(27)35-36-26-10-6-8-22(4)28(26)32-30(34)24-17-13-20(2)14-18-24/h5-18H,1-4H3,(H,31,33)(H,32,34). The maximum Gasteiger partial charge on any atom is 0.255 e. The van der Waals surface area contributed by atoms with Gasteiger partial charge >= 0.3 is 0 Å². The summed E-state index contributed by atoms with van der Waals surface area (Å²) in [5.74, 6) is -0.282. The van der Waals surface area contributed by atoms with Crippen LogP contribution in [-0.4, -0.2) is 11.8 Å². The molecule has 0 unspecified atom stereocenters. The summed E-state index contributed by atoms with van der Waals surface area (Å²) in [6.45, 7) is 7.97. The molecule has 0 aliphatic heterocycles. The fraction of sp³-hybridized carbons (Fsp3) is 0.133. The first-order valence-corrected chi connectivity index (χ1v) is 13.8. The molecule has 0 saturated heterocycles. The molecule has 0 heterocycles. The number of anilines is 2. The van der Waals surface area contributed by atoms with E-state index in [1.807, 2.05) is 113 Å². The molecule has 36 heavy (non-hydrogen) atoms. The SMILES string of the molecule is Cc1ccc(C(=O)Nc2c(C)cccc2SSc2cccc(C)c2NC(=O)c2ccc(C)cc2)cc1. The summed E-state index contributed by atoms with van der Waals surface area (Å²) < 4.78 is 0. The Balaban J connectivity index is 1.53. The molecule has 0 fully saturated rings. The van der Waals surface area contributed by atoms with Gasteiger partial charge in [0.1, 0.15) is 0 Å². The van der Waals surface area contributed by atoms with Crippen LogP contribution >= 0.6 is 21.6 Å². The van der Waals surface area contributed by atoms with E-state index in [-0.39, 0.29) is 11.8 Å². The summed E-state index contributed by atoms with van der Waals surface area (Å²) in [5.41, 5.74) is 7.00. The fourth-order valence-corrected chi connectivity index (χ4v) is 6.02. The van der Waals surface area contributed by atoms with E-state index in [1.165, 1.54) is 0 Å². The monoisotopic (exact) mass is 512 g/mol. The molecule has 4 aromatic rings. The van der Waals surface area contributed by atoms with Gasteiger partial charge in [-0.2, -0.15) is 0 Å². The largest absolute Gasteiger partial charge is 0.321 e. The number of hydrogen-bond acceptors (Lipinski definition) is 4. The Kier molecular flexibility index (Phi) is 8.18. The molecule has 0 radical (unpaired) electrons. The molecule has 0 spiro atoms. The minimum absolute atomic E-state index is 0.141. The van der Waals surface area contributed by atoms with E-state index in [1.54, 1.807) is 21.6 Å². The third-order valence-electron chi connectivity index (χ3n) is 5.79. The number of para-hydroxylation sites is 2. The molecular formula is C30H28N2O2S2. The molecule has 2 amide bonds. The van der Waals surface area contributed by atoms with E-state index in [9.17, 15) is 9.59 Å². The Labute approximate surface area is 220 Å². The van der Waals surface area contributed by atoms with Crippen molar-refractivity contribution in [2.24, 2.45) is 0 Å². The smallest absolute Gasteiger partial charge is 0.255 e. The van der Waals surface area contributed by atoms with Crippen molar-refractivity contribution in [3.05, 3.63) is 118 Å². The number of rotatable bonds is 7. The second-order valence-corrected chi connectivity index (χ2v) is 10.9. The highest BCUT2D eigenvalue weighted by Gasteiger charge is 2.15. The molecule has 0 aliphatic rings. The van der Waals surface area contributed by atoms with Gasteiger partial charge in [-0.25, -0.2) is 0 Å². The average Bonchev–Trinajstić information content (AvgIpc) is 2.86. The summed E-state index contributed by atoms with van der Waals surface area (Å²) >= 11 is 0. The van der Waals surface area contributed by atoms with Crippen molar-refractivity contribution in [3.8, 4) is 0 Å². The van der Waals surface area contributed by atoms with Crippen LogP contribution in [0, 0.1) is 27.7 Å². The summed E-state index contributed by atoms with van der Waals surface area (Å²) in [4.78, 5) is 27.7. The van der Waals surface area contributed by atoms with Crippen molar-refractivity contribution in [2.45, 2.75) is 37.5 Å². The van der Waals surface area contributed by atoms with Crippen molar-refractivity contribution in [1.29, 1.82) is 0 Å². The van der Waals surface area contributed by atoms with E-state index in [2.05, 4.69) is 10.6 Å². The first-order valence-electron chi connectivity index (χ1n) is 11.6. The van der Waals surface area contributed by atoms with Crippen molar-refractivity contribution >= 4 is 44.8 Å². The van der Waals surface area contributed by atoms with Crippen molar-refractivity contribution in [1.82, 2.24) is 0 Å². The molecule has 0 saturated carbocycles. The highest BCUT2D eigenvalue weighted by molar-refractivity contribution is 8.76. The van der Waals surface area contributed by atoms with Crippen LogP contribution in [0.25, 0.3) is 0 Å². The third kappa shape index (κ3) is 6.20. The lowest BCUT2D eigenvalue weighted by Crippen LogP contribution is -2.13. The molecule has 6 heteroatoms. The topological polar surface area (TPSA) is 58.2 Å². The first-order chi connectivity index (χ1) is 17.3. The molecule has 182 valence electrons. The van der Waals surface area contributed by atoms with E-state index < -0.39 is 0 Å². The van der Waals surface area contributed by atoms with Gasteiger partial charge in [-0.3, -0.25) is 9.59 Å². The van der Waals surface area contributed by atoms with Crippen LogP contribution in [0.2, 0.25) is 0 Å². The van der Waals surface area contributed by atoms with Crippen LogP contribution in [-0.2, 0) is 0 Å².